The normalized spacial score (nSPS) is 16.0. The van der Waals surface area contributed by atoms with Gasteiger partial charge in [-0.15, -0.1) is 0 Å². The Labute approximate surface area is 122 Å². The highest BCUT2D eigenvalue weighted by Crippen LogP contribution is 2.21. The van der Waals surface area contributed by atoms with Crippen molar-refractivity contribution in [3.63, 3.8) is 0 Å². The molecule has 1 N–H and O–H groups in total. The molecule has 1 aliphatic heterocycles. The Kier molecular flexibility index (Phi) is 5.34. The molecule has 1 aromatic heterocycles. The third kappa shape index (κ3) is 3.76. The van der Waals surface area contributed by atoms with Gasteiger partial charge in [0.15, 0.2) is 0 Å². The summed E-state index contributed by atoms with van der Waals surface area (Å²) >= 11 is 8.02. The molecule has 6 heteroatoms. The molecule has 0 saturated carbocycles. The second-order valence-corrected chi connectivity index (χ2v) is 5.97. The minimum absolute atomic E-state index is 0.0277. The Bertz CT molecular complexity index is 448. The number of hydrogen-bond donors (Lipinski definition) is 1. The van der Waals surface area contributed by atoms with Gasteiger partial charge in [0.05, 0.1) is 10.6 Å². The summed E-state index contributed by atoms with van der Waals surface area (Å²) in [6.45, 7) is 4.35. The molecule has 0 aliphatic carbocycles. The van der Waals surface area contributed by atoms with Crippen molar-refractivity contribution in [2.75, 3.05) is 36.5 Å². The van der Waals surface area contributed by atoms with Crippen molar-refractivity contribution in [2.24, 2.45) is 0 Å². The van der Waals surface area contributed by atoms with E-state index < -0.39 is 0 Å². The Morgan fingerprint density at radius 2 is 2.37 bits per heavy atom. The molecule has 1 aliphatic rings. The van der Waals surface area contributed by atoms with Gasteiger partial charge in [-0.05, 0) is 25.2 Å². The molecule has 1 aromatic rings. The van der Waals surface area contributed by atoms with Gasteiger partial charge in [-0.2, -0.15) is 11.8 Å². The lowest BCUT2D eigenvalue weighted by molar-refractivity contribution is 0.0768. The number of aromatic nitrogens is 1. The van der Waals surface area contributed by atoms with E-state index in [0.29, 0.717) is 16.4 Å². The van der Waals surface area contributed by atoms with Crippen LogP contribution < -0.4 is 5.32 Å². The zero-order valence-electron chi connectivity index (χ0n) is 11.0. The van der Waals surface area contributed by atoms with Gasteiger partial charge in [0.1, 0.15) is 5.82 Å². The predicted molar refractivity (Wildman–Crippen MR) is 81.3 cm³/mol. The van der Waals surface area contributed by atoms with Crippen LogP contribution in [0.15, 0.2) is 12.3 Å². The Morgan fingerprint density at radius 3 is 3.11 bits per heavy atom. The second kappa shape index (κ2) is 7.01. The van der Waals surface area contributed by atoms with Gasteiger partial charge >= 0.3 is 0 Å². The standard InChI is InChI=1S/C13H18ClN3OS/c1-2-15-12-11(14)8-10(9-16-12)13(18)17-4-3-6-19-7-5-17/h8-9H,2-7H2,1H3,(H,15,16). The average molecular weight is 300 g/mol. The molecule has 1 saturated heterocycles. The van der Waals surface area contributed by atoms with Gasteiger partial charge in [0.2, 0.25) is 0 Å². The summed E-state index contributed by atoms with van der Waals surface area (Å²) in [5.74, 6) is 2.79. The van der Waals surface area contributed by atoms with E-state index in [1.165, 1.54) is 0 Å². The fourth-order valence-corrected chi connectivity index (χ4v) is 3.10. The first kappa shape index (κ1) is 14.5. The number of halogens is 1. The van der Waals surface area contributed by atoms with E-state index >= 15 is 0 Å². The van der Waals surface area contributed by atoms with Gasteiger partial charge in [0, 0.05) is 31.6 Å². The number of anilines is 1. The number of carbonyl (C=O) groups excluding carboxylic acids is 1. The van der Waals surface area contributed by atoms with Gasteiger partial charge in [-0.3, -0.25) is 4.79 Å². The van der Waals surface area contributed by atoms with Crippen LogP contribution in [-0.4, -0.2) is 46.9 Å². The van der Waals surface area contributed by atoms with Crippen molar-refractivity contribution in [2.45, 2.75) is 13.3 Å². The molecule has 2 rings (SSSR count). The molecule has 0 aromatic carbocycles. The van der Waals surface area contributed by atoms with E-state index in [0.717, 1.165) is 37.6 Å². The van der Waals surface area contributed by atoms with Crippen molar-refractivity contribution in [3.05, 3.63) is 22.8 Å². The topological polar surface area (TPSA) is 45.2 Å². The van der Waals surface area contributed by atoms with Crippen molar-refractivity contribution in [1.29, 1.82) is 0 Å². The summed E-state index contributed by atoms with van der Waals surface area (Å²) in [5, 5.41) is 3.56. The summed E-state index contributed by atoms with van der Waals surface area (Å²) in [7, 11) is 0. The highest BCUT2D eigenvalue weighted by molar-refractivity contribution is 7.99. The van der Waals surface area contributed by atoms with Crippen LogP contribution in [0.3, 0.4) is 0 Å². The molecule has 0 spiro atoms. The number of hydrogen-bond acceptors (Lipinski definition) is 4. The summed E-state index contributed by atoms with van der Waals surface area (Å²) in [5.41, 5.74) is 0.568. The van der Waals surface area contributed by atoms with Gasteiger partial charge in [0.25, 0.3) is 5.91 Å². The number of carbonyl (C=O) groups is 1. The van der Waals surface area contributed by atoms with Crippen LogP contribution in [-0.2, 0) is 0 Å². The van der Waals surface area contributed by atoms with Crippen LogP contribution in [0.5, 0.6) is 0 Å². The molecule has 2 heterocycles. The molecule has 0 radical (unpaired) electrons. The summed E-state index contributed by atoms with van der Waals surface area (Å²) < 4.78 is 0. The fraction of sp³-hybridized carbons (Fsp3) is 0.538. The van der Waals surface area contributed by atoms with Crippen LogP contribution in [0.25, 0.3) is 0 Å². The molecule has 1 fully saturated rings. The summed E-state index contributed by atoms with van der Waals surface area (Å²) in [6, 6.07) is 1.70. The predicted octanol–water partition coefficient (Wildman–Crippen LogP) is 2.75. The van der Waals surface area contributed by atoms with E-state index in [2.05, 4.69) is 10.3 Å². The molecule has 0 unspecified atom stereocenters. The monoisotopic (exact) mass is 299 g/mol. The SMILES string of the molecule is CCNc1ncc(C(=O)N2CCCSCC2)cc1Cl. The zero-order valence-corrected chi connectivity index (χ0v) is 12.6. The van der Waals surface area contributed by atoms with Crippen molar-refractivity contribution in [3.8, 4) is 0 Å². The van der Waals surface area contributed by atoms with E-state index in [1.807, 2.05) is 23.6 Å². The van der Waals surface area contributed by atoms with Crippen molar-refractivity contribution < 1.29 is 4.79 Å². The highest BCUT2D eigenvalue weighted by atomic mass is 35.5. The van der Waals surface area contributed by atoms with Crippen LogP contribution in [0.1, 0.15) is 23.7 Å². The van der Waals surface area contributed by atoms with Gasteiger partial charge in [-0.25, -0.2) is 4.98 Å². The van der Waals surface area contributed by atoms with Crippen LogP contribution in [0.4, 0.5) is 5.82 Å². The quantitative estimate of drug-likeness (QED) is 0.932. The minimum Gasteiger partial charge on any atom is -0.369 e. The van der Waals surface area contributed by atoms with E-state index in [4.69, 9.17) is 11.6 Å². The summed E-state index contributed by atoms with van der Waals surface area (Å²) in [4.78, 5) is 18.5. The highest BCUT2D eigenvalue weighted by Gasteiger charge is 2.18. The van der Waals surface area contributed by atoms with E-state index in [1.54, 1.807) is 12.3 Å². The molecule has 0 bridgehead atoms. The molecule has 0 atom stereocenters. The lowest BCUT2D eigenvalue weighted by Crippen LogP contribution is -2.33. The molecule has 4 nitrogen and oxygen atoms in total. The largest absolute Gasteiger partial charge is 0.369 e. The first-order valence-corrected chi connectivity index (χ1v) is 8.02. The molecule has 104 valence electrons. The fourth-order valence-electron chi connectivity index (χ4n) is 1.98. The lowest BCUT2D eigenvalue weighted by atomic mass is 10.2. The molecule has 19 heavy (non-hydrogen) atoms. The second-order valence-electron chi connectivity index (χ2n) is 4.34. The minimum atomic E-state index is 0.0277. The van der Waals surface area contributed by atoms with Gasteiger partial charge in [-0.1, -0.05) is 11.6 Å². The number of nitrogens with one attached hydrogen (secondary N) is 1. The number of pyridine rings is 1. The third-order valence-corrected chi connectivity index (χ3v) is 4.28. The number of amides is 1. The Hall–Kier alpha value is -0.940. The maximum atomic E-state index is 12.4. The van der Waals surface area contributed by atoms with E-state index in [-0.39, 0.29) is 5.91 Å². The summed E-state index contributed by atoms with van der Waals surface area (Å²) in [6.07, 6.45) is 2.65. The van der Waals surface area contributed by atoms with Crippen LogP contribution in [0.2, 0.25) is 5.02 Å². The van der Waals surface area contributed by atoms with Crippen LogP contribution in [0, 0.1) is 0 Å². The van der Waals surface area contributed by atoms with Gasteiger partial charge < -0.3 is 10.2 Å². The van der Waals surface area contributed by atoms with E-state index in [9.17, 15) is 4.79 Å². The maximum absolute atomic E-state index is 12.4. The first-order valence-electron chi connectivity index (χ1n) is 6.49. The number of rotatable bonds is 3. The zero-order chi connectivity index (χ0) is 13.7. The smallest absolute Gasteiger partial charge is 0.255 e. The average Bonchev–Trinajstić information content (AvgIpc) is 2.69. The number of thioether (sulfide) groups is 1. The Balaban J connectivity index is 2.12. The maximum Gasteiger partial charge on any atom is 0.255 e. The van der Waals surface area contributed by atoms with Crippen LogP contribution >= 0.6 is 23.4 Å². The molecule has 1 amide bonds. The third-order valence-electron chi connectivity index (χ3n) is 2.94. The Morgan fingerprint density at radius 1 is 1.53 bits per heavy atom. The lowest BCUT2D eigenvalue weighted by Gasteiger charge is -2.20. The molecular weight excluding hydrogens is 282 g/mol. The van der Waals surface area contributed by atoms with Crippen molar-refractivity contribution >= 4 is 35.1 Å². The molecular formula is C13H18ClN3OS. The number of nitrogens with zero attached hydrogens (tertiary/aromatic N) is 2. The first-order chi connectivity index (χ1) is 9.22. The van der Waals surface area contributed by atoms with Crippen molar-refractivity contribution in [1.82, 2.24) is 9.88 Å².